The highest BCUT2D eigenvalue weighted by atomic mass is 32.1. The lowest BCUT2D eigenvalue weighted by atomic mass is 9.98. The molecule has 0 atom stereocenters. The maximum Gasteiger partial charge on any atom is 0.282 e. The molecule has 0 spiro atoms. The second-order valence-electron chi connectivity index (χ2n) is 10.2. The summed E-state index contributed by atoms with van der Waals surface area (Å²) in [5, 5.41) is 16.3. The number of H-pyrrole nitrogens is 1. The fourth-order valence-electron chi connectivity index (χ4n) is 4.05. The van der Waals surface area contributed by atoms with Gasteiger partial charge in [-0.2, -0.15) is 5.10 Å². The van der Waals surface area contributed by atoms with Crippen LogP contribution < -0.4 is 5.32 Å². The highest BCUT2D eigenvalue weighted by Gasteiger charge is 2.23. The predicted octanol–water partition coefficient (Wildman–Crippen LogP) is 4.28. The molecule has 194 valence electrons. The fraction of sp³-hybridized carbons (Fsp3) is 0.308. The highest BCUT2D eigenvalue weighted by molar-refractivity contribution is 7.13. The molecule has 1 aliphatic heterocycles. The van der Waals surface area contributed by atoms with Crippen molar-refractivity contribution in [2.45, 2.75) is 38.8 Å². The maximum atomic E-state index is 15.1. The normalized spacial score (nSPS) is 14.1. The zero-order valence-corrected chi connectivity index (χ0v) is 21.8. The number of amides is 1. The van der Waals surface area contributed by atoms with Crippen LogP contribution in [0.2, 0.25) is 0 Å². The Bertz CT molecular complexity index is 1650. The van der Waals surface area contributed by atoms with Crippen LogP contribution in [0.4, 0.5) is 4.39 Å². The van der Waals surface area contributed by atoms with Gasteiger partial charge in [0.2, 0.25) is 5.01 Å². The van der Waals surface area contributed by atoms with Gasteiger partial charge in [-0.1, -0.05) is 44.2 Å². The molecule has 1 aliphatic rings. The zero-order chi connectivity index (χ0) is 26.4. The third-order valence-corrected chi connectivity index (χ3v) is 7.67. The van der Waals surface area contributed by atoms with Gasteiger partial charge in [0, 0.05) is 35.5 Å². The average molecular weight is 533 g/mol. The average Bonchev–Trinajstić information content (AvgIpc) is 3.60. The Morgan fingerprint density at radius 1 is 1.24 bits per heavy atom. The number of nitrogens with zero attached hydrogens (tertiary/aromatic N) is 6. The van der Waals surface area contributed by atoms with E-state index in [9.17, 15) is 4.79 Å². The molecule has 1 fully saturated rings. The van der Waals surface area contributed by atoms with Crippen molar-refractivity contribution in [1.82, 2.24) is 40.2 Å². The number of ether oxygens (including phenoxy) is 1. The lowest BCUT2D eigenvalue weighted by Gasteiger charge is -2.25. The number of rotatable bonds is 6. The number of pyridine rings is 1. The molecule has 10 nitrogen and oxygen atoms in total. The number of benzene rings is 1. The molecule has 4 aromatic heterocycles. The van der Waals surface area contributed by atoms with Gasteiger partial charge in [-0.05, 0) is 17.7 Å². The molecule has 0 radical (unpaired) electrons. The Labute approximate surface area is 221 Å². The van der Waals surface area contributed by atoms with Gasteiger partial charge < -0.3 is 15.0 Å². The molecule has 1 saturated heterocycles. The monoisotopic (exact) mass is 532 g/mol. The van der Waals surface area contributed by atoms with Gasteiger partial charge in [-0.3, -0.25) is 9.48 Å². The third-order valence-electron chi connectivity index (χ3n) is 6.33. The van der Waals surface area contributed by atoms with E-state index in [4.69, 9.17) is 4.74 Å². The van der Waals surface area contributed by atoms with E-state index in [1.54, 1.807) is 18.5 Å². The Kier molecular flexibility index (Phi) is 6.00. The molecule has 6 rings (SSSR count). The van der Waals surface area contributed by atoms with E-state index in [0.29, 0.717) is 41.3 Å². The molecule has 1 aromatic carbocycles. The molecule has 5 aromatic rings. The SMILES string of the molecule is CC(C)(C)c1nnc(C(=O)NCc2ccc(-c3ccnc4nc(-c5cnn(C6COC6)c5)[nH]c34)cc2F)s1. The number of hydrogen-bond donors (Lipinski definition) is 2. The van der Waals surface area contributed by atoms with Gasteiger partial charge in [0.1, 0.15) is 16.6 Å². The van der Waals surface area contributed by atoms with Crippen LogP contribution in [-0.4, -0.2) is 54.1 Å². The smallest absolute Gasteiger partial charge is 0.282 e. The van der Waals surface area contributed by atoms with Crippen LogP contribution in [0.15, 0.2) is 42.9 Å². The van der Waals surface area contributed by atoms with E-state index >= 15 is 4.39 Å². The Balaban J connectivity index is 1.20. The van der Waals surface area contributed by atoms with Crippen molar-refractivity contribution >= 4 is 28.4 Å². The summed E-state index contributed by atoms with van der Waals surface area (Å²) in [6.07, 6.45) is 5.33. The zero-order valence-electron chi connectivity index (χ0n) is 21.0. The first kappa shape index (κ1) is 24.3. The van der Waals surface area contributed by atoms with Crippen molar-refractivity contribution in [3.63, 3.8) is 0 Å². The number of nitrogens with one attached hydrogen (secondary N) is 2. The third kappa shape index (κ3) is 4.56. The number of carbonyl (C=O) groups excluding carboxylic acids is 1. The van der Waals surface area contributed by atoms with Gasteiger partial charge in [0.15, 0.2) is 5.65 Å². The minimum atomic E-state index is -0.427. The van der Waals surface area contributed by atoms with Crippen molar-refractivity contribution < 1.29 is 13.9 Å². The molecule has 5 heterocycles. The van der Waals surface area contributed by atoms with Crippen LogP contribution in [-0.2, 0) is 16.7 Å². The lowest BCUT2D eigenvalue weighted by molar-refractivity contribution is -0.0286. The summed E-state index contributed by atoms with van der Waals surface area (Å²) in [4.78, 5) is 24.8. The molecule has 0 saturated carbocycles. The first-order chi connectivity index (χ1) is 18.3. The van der Waals surface area contributed by atoms with E-state index < -0.39 is 5.82 Å². The molecule has 38 heavy (non-hydrogen) atoms. The molecular weight excluding hydrogens is 507 g/mol. The van der Waals surface area contributed by atoms with Gasteiger partial charge in [0.25, 0.3) is 5.91 Å². The van der Waals surface area contributed by atoms with Crippen LogP contribution in [0.3, 0.4) is 0 Å². The van der Waals surface area contributed by atoms with Crippen LogP contribution in [0, 0.1) is 5.82 Å². The fourth-order valence-corrected chi connectivity index (χ4v) is 4.87. The van der Waals surface area contributed by atoms with Crippen LogP contribution >= 0.6 is 11.3 Å². The van der Waals surface area contributed by atoms with Crippen LogP contribution in [0.1, 0.15) is 47.2 Å². The summed E-state index contributed by atoms with van der Waals surface area (Å²) >= 11 is 1.24. The summed E-state index contributed by atoms with van der Waals surface area (Å²) in [6, 6.07) is 7.00. The molecule has 2 N–H and O–H groups in total. The lowest BCUT2D eigenvalue weighted by Crippen LogP contribution is -2.30. The number of carbonyl (C=O) groups is 1. The van der Waals surface area contributed by atoms with E-state index in [0.717, 1.165) is 16.1 Å². The number of hydrogen-bond acceptors (Lipinski definition) is 8. The number of halogens is 1. The second-order valence-corrected chi connectivity index (χ2v) is 11.2. The van der Waals surface area contributed by atoms with E-state index in [-0.39, 0.29) is 28.9 Å². The van der Waals surface area contributed by atoms with Gasteiger partial charge in [-0.15, -0.1) is 10.2 Å². The standard InChI is InChI=1S/C26H25FN8O2S/c1-26(2,3)25-34-33-24(38-25)23(36)29-9-15-5-4-14(8-19(15)27)18-6-7-28-22-20(18)31-21(32-22)16-10-30-35(11-16)17-12-37-13-17/h4-8,10-11,17H,9,12-13H2,1-3H3,(H,29,36)(H,28,31,32). The molecule has 0 aliphatic carbocycles. The van der Waals surface area contributed by atoms with Gasteiger partial charge in [-0.25, -0.2) is 14.4 Å². The summed E-state index contributed by atoms with van der Waals surface area (Å²) < 4.78 is 22.2. The number of fused-ring (bicyclic) bond motifs is 1. The highest BCUT2D eigenvalue weighted by Crippen LogP contribution is 2.30. The molecule has 0 unspecified atom stereocenters. The maximum absolute atomic E-state index is 15.1. The summed E-state index contributed by atoms with van der Waals surface area (Å²) in [7, 11) is 0. The summed E-state index contributed by atoms with van der Waals surface area (Å²) in [5.74, 6) is -0.169. The molecular formula is C26H25FN8O2S. The summed E-state index contributed by atoms with van der Waals surface area (Å²) in [6.45, 7) is 7.35. The van der Waals surface area contributed by atoms with E-state index in [2.05, 4.69) is 35.6 Å². The molecule has 0 bridgehead atoms. The van der Waals surface area contributed by atoms with Crippen LogP contribution in [0.5, 0.6) is 0 Å². The minimum absolute atomic E-state index is 0.0331. The van der Waals surface area contributed by atoms with Crippen molar-refractivity contribution in [1.29, 1.82) is 0 Å². The van der Waals surface area contributed by atoms with Crippen molar-refractivity contribution in [2.75, 3.05) is 13.2 Å². The Hall–Kier alpha value is -4.03. The van der Waals surface area contributed by atoms with Crippen molar-refractivity contribution in [3.8, 4) is 22.5 Å². The predicted molar refractivity (Wildman–Crippen MR) is 140 cm³/mol. The van der Waals surface area contributed by atoms with Crippen molar-refractivity contribution in [2.24, 2.45) is 0 Å². The molecule has 12 heteroatoms. The largest absolute Gasteiger partial charge is 0.377 e. The van der Waals surface area contributed by atoms with Gasteiger partial charge in [0.05, 0.1) is 36.5 Å². The van der Waals surface area contributed by atoms with Crippen molar-refractivity contribution in [3.05, 3.63) is 64.3 Å². The van der Waals surface area contributed by atoms with Gasteiger partial charge >= 0.3 is 0 Å². The first-order valence-corrected chi connectivity index (χ1v) is 13.0. The number of imidazole rings is 1. The first-order valence-electron chi connectivity index (χ1n) is 12.1. The number of aromatic amines is 1. The topological polar surface area (TPSA) is 124 Å². The number of aromatic nitrogens is 7. The Morgan fingerprint density at radius 3 is 2.79 bits per heavy atom. The van der Waals surface area contributed by atoms with Crippen LogP contribution in [0.25, 0.3) is 33.7 Å². The van der Waals surface area contributed by atoms with E-state index in [1.807, 2.05) is 43.8 Å². The summed E-state index contributed by atoms with van der Waals surface area (Å²) in [5.41, 5.74) is 3.68. The minimum Gasteiger partial charge on any atom is -0.377 e. The quantitative estimate of drug-likeness (QED) is 0.335. The Morgan fingerprint density at radius 2 is 2.08 bits per heavy atom. The van der Waals surface area contributed by atoms with E-state index in [1.165, 1.54) is 17.4 Å². The second kappa shape index (κ2) is 9.37. The molecule has 1 amide bonds.